The van der Waals surface area contributed by atoms with Crippen molar-refractivity contribution in [2.75, 3.05) is 0 Å². The van der Waals surface area contributed by atoms with E-state index in [1.54, 1.807) is 36.4 Å². The predicted molar refractivity (Wildman–Crippen MR) is 84.6 cm³/mol. The van der Waals surface area contributed by atoms with Crippen LogP contribution in [0, 0.1) is 0 Å². The van der Waals surface area contributed by atoms with Crippen LogP contribution in [0.15, 0.2) is 45.4 Å². The van der Waals surface area contributed by atoms with Gasteiger partial charge in [-0.05, 0) is 36.4 Å². The zero-order valence-electron chi connectivity index (χ0n) is 10.3. The largest absolute Gasteiger partial charge is 0.507 e. The summed E-state index contributed by atoms with van der Waals surface area (Å²) >= 11 is 15.2. The maximum atomic E-state index is 9.91. The Hall–Kier alpha value is -1.56. The molecule has 21 heavy (non-hydrogen) atoms. The lowest BCUT2D eigenvalue weighted by Gasteiger charge is -1.99. The molecule has 0 amide bonds. The fraction of sp³-hybridized carbons (Fsp3) is 0. The molecule has 4 nitrogen and oxygen atoms in total. The molecule has 1 N–H and O–H groups in total. The van der Waals surface area contributed by atoms with E-state index < -0.39 is 0 Å². The first kappa shape index (κ1) is 14.4. The van der Waals surface area contributed by atoms with Gasteiger partial charge in [0.05, 0.1) is 5.56 Å². The summed E-state index contributed by atoms with van der Waals surface area (Å²) in [6.45, 7) is 0. The number of aromatic hydroxyl groups is 1. The van der Waals surface area contributed by atoms with Crippen LogP contribution in [0.2, 0.25) is 10.0 Å². The summed E-state index contributed by atoms with van der Waals surface area (Å²) in [6.07, 6.45) is 0. The van der Waals surface area contributed by atoms with E-state index in [1.807, 2.05) is 0 Å². The van der Waals surface area contributed by atoms with Gasteiger partial charge in [-0.25, -0.2) is 0 Å². The molecule has 0 aliphatic carbocycles. The standard InChI is InChI=1S/C14H7BrCl2N2O2/c15-8-1-2-11(12(20)5-8)14-18-13(19-21-14)7-3-9(16)6-10(17)4-7/h1-6,20H. The van der Waals surface area contributed by atoms with Gasteiger partial charge in [-0.2, -0.15) is 4.98 Å². The average Bonchev–Trinajstić information content (AvgIpc) is 2.87. The third kappa shape index (κ3) is 3.05. The molecule has 7 heteroatoms. The summed E-state index contributed by atoms with van der Waals surface area (Å²) in [5.41, 5.74) is 1.09. The molecular formula is C14H7BrCl2N2O2. The summed E-state index contributed by atoms with van der Waals surface area (Å²) in [5, 5.41) is 14.8. The van der Waals surface area contributed by atoms with E-state index in [1.165, 1.54) is 0 Å². The second kappa shape index (κ2) is 5.67. The van der Waals surface area contributed by atoms with Crippen LogP contribution in [-0.4, -0.2) is 15.2 Å². The second-order valence-electron chi connectivity index (χ2n) is 4.24. The maximum absolute atomic E-state index is 9.91. The molecule has 106 valence electrons. The highest BCUT2D eigenvalue weighted by molar-refractivity contribution is 9.10. The van der Waals surface area contributed by atoms with E-state index in [4.69, 9.17) is 27.7 Å². The topological polar surface area (TPSA) is 59.2 Å². The Bertz CT molecular complexity index is 800. The third-order valence-corrected chi connectivity index (χ3v) is 3.67. The zero-order chi connectivity index (χ0) is 15.0. The summed E-state index contributed by atoms with van der Waals surface area (Å²) < 4.78 is 5.94. The molecule has 3 aromatic rings. The Morgan fingerprint density at radius 3 is 2.43 bits per heavy atom. The molecule has 0 unspecified atom stereocenters. The number of aromatic nitrogens is 2. The minimum atomic E-state index is 0.0451. The fourth-order valence-electron chi connectivity index (χ4n) is 1.82. The first-order valence-corrected chi connectivity index (χ1v) is 7.37. The van der Waals surface area contributed by atoms with Crippen LogP contribution in [0.3, 0.4) is 0 Å². The van der Waals surface area contributed by atoms with Gasteiger partial charge in [0.2, 0.25) is 5.82 Å². The molecule has 3 rings (SSSR count). The molecule has 0 saturated heterocycles. The third-order valence-electron chi connectivity index (χ3n) is 2.74. The van der Waals surface area contributed by atoms with Crippen LogP contribution < -0.4 is 0 Å². The van der Waals surface area contributed by atoms with E-state index >= 15 is 0 Å². The molecule has 0 bridgehead atoms. The summed E-state index contributed by atoms with van der Waals surface area (Å²) in [4.78, 5) is 4.25. The first-order valence-electron chi connectivity index (χ1n) is 5.82. The predicted octanol–water partition coefficient (Wildman–Crippen LogP) is 5.18. The number of rotatable bonds is 2. The fourth-order valence-corrected chi connectivity index (χ4v) is 2.69. The lowest BCUT2D eigenvalue weighted by atomic mass is 10.2. The van der Waals surface area contributed by atoms with Crippen molar-refractivity contribution in [2.24, 2.45) is 0 Å². The molecule has 2 aromatic carbocycles. The number of hydrogen-bond acceptors (Lipinski definition) is 4. The van der Waals surface area contributed by atoms with Gasteiger partial charge in [0.15, 0.2) is 0 Å². The van der Waals surface area contributed by atoms with Crippen molar-refractivity contribution in [2.45, 2.75) is 0 Å². The first-order chi connectivity index (χ1) is 10.0. The number of halogens is 3. The Balaban J connectivity index is 2.03. The molecule has 0 aliphatic heterocycles. The van der Waals surface area contributed by atoms with Gasteiger partial charge in [-0.1, -0.05) is 44.3 Å². The van der Waals surface area contributed by atoms with Crippen LogP contribution in [0.4, 0.5) is 0 Å². The lowest BCUT2D eigenvalue weighted by Crippen LogP contribution is -1.82. The van der Waals surface area contributed by atoms with Crippen LogP contribution in [0.5, 0.6) is 5.75 Å². The van der Waals surface area contributed by atoms with E-state index in [0.29, 0.717) is 27.0 Å². The monoisotopic (exact) mass is 384 g/mol. The van der Waals surface area contributed by atoms with Crippen molar-refractivity contribution < 1.29 is 9.63 Å². The number of nitrogens with zero attached hydrogens (tertiary/aromatic N) is 2. The Morgan fingerprint density at radius 1 is 1.05 bits per heavy atom. The summed E-state index contributed by atoms with van der Waals surface area (Å²) in [6, 6.07) is 9.99. The van der Waals surface area contributed by atoms with Crippen LogP contribution in [0.1, 0.15) is 0 Å². The van der Waals surface area contributed by atoms with Crippen molar-refractivity contribution in [1.82, 2.24) is 10.1 Å². The van der Waals surface area contributed by atoms with Crippen molar-refractivity contribution >= 4 is 39.1 Å². The van der Waals surface area contributed by atoms with Crippen molar-refractivity contribution in [3.63, 3.8) is 0 Å². The SMILES string of the molecule is Oc1cc(Br)ccc1-c1nc(-c2cc(Cl)cc(Cl)c2)no1. The minimum Gasteiger partial charge on any atom is -0.507 e. The molecule has 0 saturated carbocycles. The van der Waals surface area contributed by atoms with Crippen LogP contribution in [0.25, 0.3) is 22.8 Å². The highest BCUT2D eigenvalue weighted by Crippen LogP contribution is 2.32. The number of phenolic OH excluding ortho intramolecular Hbond substituents is 1. The van der Waals surface area contributed by atoms with Crippen molar-refractivity contribution in [3.8, 4) is 28.6 Å². The number of hydrogen-bond donors (Lipinski definition) is 1. The van der Waals surface area contributed by atoms with E-state index in [2.05, 4.69) is 26.1 Å². The molecule has 1 aromatic heterocycles. The highest BCUT2D eigenvalue weighted by atomic mass is 79.9. The molecule has 0 atom stereocenters. The van der Waals surface area contributed by atoms with Gasteiger partial charge < -0.3 is 9.63 Å². The molecule has 0 radical (unpaired) electrons. The van der Waals surface area contributed by atoms with Crippen LogP contribution >= 0.6 is 39.1 Å². The van der Waals surface area contributed by atoms with E-state index in [0.717, 1.165) is 4.47 Å². The van der Waals surface area contributed by atoms with Crippen molar-refractivity contribution in [1.29, 1.82) is 0 Å². The molecule has 0 aliphatic rings. The van der Waals surface area contributed by atoms with E-state index in [9.17, 15) is 5.11 Å². The second-order valence-corrected chi connectivity index (χ2v) is 6.03. The maximum Gasteiger partial charge on any atom is 0.261 e. The lowest BCUT2D eigenvalue weighted by molar-refractivity contribution is 0.425. The molecule has 1 heterocycles. The quantitative estimate of drug-likeness (QED) is 0.660. The summed E-state index contributed by atoms with van der Waals surface area (Å²) in [7, 11) is 0. The molecule has 0 spiro atoms. The van der Waals surface area contributed by atoms with Gasteiger partial charge >= 0.3 is 0 Å². The summed E-state index contributed by atoms with van der Waals surface area (Å²) in [5.74, 6) is 0.603. The highest BCUT2D eigenvalue weighted by Gasteiger charge is 2.15. The number of phenols is 1. The van der Waals surface area contributed by atoms with Crippen molar-refractivity contribution in [3.05, 3.63) is 50.9 Å². The number of benzene rings is 2. The van der Waals surface area contributed by atoms with Crippen LogP contribution in [-0.2, 0) is 0 Å². The van der Waals surface area contributed by atoms with Gasteiger partial charge in [-0.15, -0.1) is 0 Å². The molecule has 0 fully saturated rings. The average molecular weight is 386 g/mol. The van der Waals surface area contributed by atoms with Gasteiger partial charge in [0.25, 0.3) is 5.89 Å². The Labute approximate surface area is 138 Å². The Morgan fingerprint density at radius 2 is 1.76 bits per heavy atom. The van der Waals surface area contributed by atoms with E-state index in [-0.39, 0.29) is 11.6 Å². The Kier molecular flexibility index (Phi) is 3.89. The van der Waals surface area contributed by atoms with Gasteiger partial charge in [-0.3, -0.25) is 0 Å². The minimum absolute atomic E-state index is 0.0451. The van der Waals surface area contributed by atoms with Gasteiger partial charge in [0, 0.05) is 20.1 Å². The molecular weight excluding hydrogens is 379 g/mol. The normalized spacial score (nSPS) is 10.8. The smallest absolute Gasteiger partial charge is 0.261 e. The van der Waals surface area contributed by atoms with Gasteiger partial charge in [0.1, 0.15) is 5.75 Å². The zero-order valence-corrected chi connectivity index (χ0v) is 13.4.